The van der Waals surface area contributed by atoms with Crippen LogP contribution in [0.2, 0.25) is 0 Å². The van der Waals surface area contributed by atoms with Crippen LogP contribution in [0.5, 0.6) is 6.01 Å². The summed E-state index contributed by atoms with van der Waals surface area (Å²) in [6.07, 6.45) is 4.63. The summed E-state index contributed by atoms with van der Waals surface area (Å²) in [4.78, 5) is 30.7. The third kappa shape index (κ3) is 4.41. The van der Waals surface area contributed by atoms with E-state index in [2.05, 4.69) is 31.3 Å². The van der Waals surface area contributed by atoms with E-state index in [0.717, 1.165) is 5.39 Å². The summed E-state index contributed by atoms with van der Waals surface area (Å²) in [7, 11) is 1.50. The standard InChI is InChI=1S/C27H22N8O2/c1-16(33-24-18(12-28)13-30-26(29)34-24)22-11-17-7-6-10-21(19-14-31-27(37-2)32-15-19)23(17)25(36)35(22)20-8-4-3-5-9-20/h3-11,13-16H,1-2H3,(H3,29,30,33,34)/t16-/m0/s1. The Balaban J connectivity index is 1.73. The predicted octanol–water partition coefficient (Wildman–Crippen LogP) is 3.87. The van der Waals surface area contributed by atoms with Crippen molar-refractivity contribution in [2.24, 2.45) is 0 Å². The normalized spacial score (nSPS) is 11.6. The number of para-hydroxylation sites is 1. The molecule has 0 radical (unpaired) electrons. The minimum Gasteiger partial charge on any atom is -0.467 e. The Morgan fingerprint density at radius 2 is 1.81 bits per heavy atom. The lowest BCUT2D eigenvalue weighted by Crippen LogP contribution is -2.26. The van der Waals surface area contributed by atoms with Gasteiger partial charge in [0.05, 0.1) is 24.7 Å². The van der Waals surface area contributed by atoms with Gasteiger partial charge in [-0.15, -0.1) is 0 Å². The molecule has 10 nitrogen and oxygen atoms in total. The first-order chi connectivity index (χ1) is 18.0. The van der Waals surface area contributed by atoms with Gasteiger partial charge in [0.15, 0.2) is 0 Å². The number of nitrogens with one attached hydrogen (secondary N) is 1. The third-order valence-electron chi connectivity index (χ3n) is 5.94. The van der Waals surface area contributed by atoms with Gasteiger partial charge in [-0.05, 0) is 36.1 Å². The molecule has 1 atom stereocenters. The molecule has 0 aliphatic heterocycles. The van der Waals surface area contributed by atoms with Crippen LogP contribution in [0.1, 0.15) is 24.2 Å². The fourth-order valence-corrected chi connectivity index (χ4v) is 4.21. The van der Waals surface area contributed by atoms with E-state index < -0.39 is 6.04 Å². The number of pyridine rings is 1. The van der Waals surface area contributed by atoms with E-state index in [1.807, 2.05) is 61.5 Å². The van der Waals surface area contributed by atoms with Crippen LogP contribution in [0.25, 0.3) is 27.6 Å². The molecule has 0 aliphatic carbocycles. The number of aromatic nitrogens is 5. The van der Waals surface area contributed by atoms with Gasteiger partial charge in [-0.2, -0.15) is 10.2 Å². The van der Waals surface area contributed by atoms with Crippen LogP contribution in [0.3, 0.4) is 0 Å². The highest BCUT2D eigenvalue weighted by Gasteiger charge is 2.20. The van der Waals surface area contributed by atoms with Crippen molar-refractivity contribution in [2.75, 3.05) is 18.2 Å². The summed E-state index contributed by atoms with van der Waals surface area (Å²) < 4.78 is 6.73. The van der Waals surface area contributed by atoms with Crippen LogP contribution in [0, 0.1) is 11.3 Å². The van der Waals surface area contributed by atoms with Gasteiger partial charge in [-0.25, -0.2) is 15.0 Å². The molecule has 2 aromatic carbocycles. The summed E-state index contributed by atoms with van der Waals surface area (Å²) in [5.41, 5.74) is 8.57. The highest BCUT2D eigenvalue weighted by molar-refractivity contribution is 5.96. The second kappa shape index (κ2) is 9.75. The summed E-state index contributed by atoms with van der Waals surface area (Å²) in [6.45, 7) is 1.89. The van der Waals surface area contributed by atoms with Crippen LogP contribution >= 0.6 is 0 Å². The Morgan fingerprint density at radius 3 is 2.51 bits per heavy atom. The van der Waals surface area contributed by atoms with Crippen molar-refractivity contribution in [1.29, 1.82) is 5.26 Å². The van der Waals surface area contributed by atoms with E-state index in [-0.39, 0.29) is 23.1 Å². The van der Waals surface area contributed by atoms with Crippen molar-refractivity contribution in [3.8, 4) is 28.9 Å². The topological polar surface area (TPSA) is 145 Å². The smallest absolute Gasteiger partial charge is 0.316 e. The van der Waals surface area contributed by atoms with Crippen molar-refractivity contribution < 1.29 is 4.74 Å². The molecule has 3 N–H and O–H groups in total. The van der Waals surface area contributed by atoms with E-state index in [1.165, 1.54) is 13.3 Å². The summed E-state index contributed by atoms with van der Waals surface area (Å²) in [5, 5.41) is 14.0. The number of hydrogen-bond acceptors (Lipinski definition) is 9. The lowest BCUT2D eigenvalue weighted by molar-refractivity contribution is 0.380. The summed E-state index contributed by atoms with van der Waals surface area (Å²) in [5.74, 6) is 0.331. The highest BCUT2D eigenvalue weighted by atomic mass is 16.5. The number of anilines is 2. The number of hydrogen-bond donors (Lipinski definition) is 2. The predicted molar refractivity (Wildman–Crippen MR) is 140 cm³/mol. The molecule has 5 rings (SSSR count). The molecule has 10 heteroatoms. The summed E-state index contributed by atoms with van der Waals surface area (Å²) >= 11 is 0. The fraction of sp³-hybridized carbons (Fsp3) is 0.111. The summed E-state index contributed by atoms with van der Waals surface area (Å²) in [6, 6.07) is 18.8. The number of nitrogen functional groups attached to an aromatic ring is 1. The first kappa shape index (κ1) is 23.4. The van der Waals surface area contributed by atoms with Gasteiger partial charge < -0.3 is 15.8 Å². The largest absolute Gasteiger partial charge is 0.467 e. The van der Waals surface area contributed by atoms with Crippen LogP contribution in [-0.2, 0) is 0 Å². The van der Waals surface area contributed by atoms with Crippen molar-refractivity contribution in [1.82, 2.24) is 24.5 Å². The zero-order valence-corrected chi connectivity index (χ0v) is 20.1. The second-order valence-electron chi connectivity index (χ2n) is 8.24. The van der Waals surface area contributed by atoms with E-state index in [1.54, 1.807) is 17.0 Å². The van der Waals surface area contributed by atoms with Crippen molar-refractivity contribution in [2.45, 2.75) is 13.0 Å². The number of fused-ring (bicyclic) bond motifs is 1. The SMILES string of the molecule is COc1ncc(-c2cccc3cc([C@H](C)Nc4nc(N)ncc4C#N)n(-c4ccccc4)c(=O)c23)cn1. The van der Waals surface area contributed by atoms with Crippen molar-refractivity contribution in [3.05, 3.63) is 94.8 Å². The number of rotatable bonds is 6. The molecule has 0 saturated carbocycles. The molecule has 0 amide bonds. The molecule has 0 aliphatic rings. The maximum Gasteiger partial charge on any atom is 0.316 e. The van der Waals surface area contributed by atoms with Gasteiger partial charge in [0.1, 0.15) is 17.5 Å². The Kier molecular flexibility index (Phi) is 6.18. The third-order valence-corrected chi connectivity index (χ3v) is 5.94. The lowest BCUT2D eigenvalue weighted by atomic mass is 9.99. The number of methoxy groups -OCH3 is 1. The molecule has 5 aromatic rings. The minimum atomic E-state index is -0.424. The molecule has 3 heterocycles. The Bertz CT molecular complexity index is 1690. The van der Waals surface area contributed by atoms with Gasteiger partial charge in [-0.3, -0.25) is 9.36 Å². The zero-order valence-electron chi connectivity index (χ0n) is 20.1. The first-order valence-corrected chi connectivity index (χ1v) is 11.4. The van der Waals surface area contributed by atoms with Gasteiger partial charge in [-0.1, -0.05) is 36.4 Å². The van der Waals surface area contributed by atoms with E-state index in [9.17, 15) is 10.1 Å². The lowest BCUT2D eigenvalue weighted by Gasteiger charge is -2.22. The Morgan fingerprint density at radius 1 is 1.05 bits per heavy atom. The first-order valence-electron chi connectivity index (χ1n) is 11.4. The molecule has 0 unspecified atom stereocenters. The molecule has 0 saturated heterocycles. The molecule has 0 bridgehead atoms. The van der Waals surface area contributed by atoms with Gasteiger partial charge in [0.2, 0.25) is 5.95 Å². The van der Waals surface area contributed by atoms with E-state index in [4.69, 9.17) is 10.5 Å². The maximum absolute atomic E-state index is 14.2. The average molecular weight is 491 g/mol. The number of nitrogens with two attached hydrogens (primary N) is 1. The molecule has 3 aromatic heterocycles. The second-order valence-corrected chi connectivity index (χ2v) is 8.24. The van der Waals surface area contributed by atoms with E-state index >= 15 is 0 Å². The van der Waals surface area contributed by atoms with Gasteiger partial charge >= 0.3 is 6.01 Å². The highest BCUT2D eigenvalue weighted by Crippen LogP contribution is 2.30. The van der Waals surface area contributed by atoms with Crippen LogP contribution in [0.15, 0.2) is 78.0 Å². The van der Waals surface area contributed by atoms with Gasteiger partial charge in [0.25, 0.3) is 5.56 Å². The average Bonchev–Trinajstić information content (AvgIpc) is 2.93. The molecular formula is C27H22N8O2. The monoisotopic (exact) mass is 490 g/mol. The fourth-order valence-electron chi connectivity index (χ4n) is 4.21. The molecule has 0 fully saturated rings. The Labute approximate surface area is 212 Å². The van der Waals surface area contributed by atoms with Crippen molar-refractivity contribution in [3.63, 3.8) is 0 Å². The van der Waals surface area contributed by atoms with Gasteiger partial charge in [0, 0.05) is 29.3 Å². The zero-order chi connectivity index (χ0) is 25.9. The molecule has 182 valence electrons. The molecule has 37 heavy (non-hydrogen) atoms. The number of benzene rings is 2. The quantitative estimate of drug-likeness (QED) is 0.362. The molecular weight excluding hydrogens is 468 g/mol. The van der Waals surface area contributed by atoms with Crippen LogP contribution < -0.4 is 21.3 Å². The minimum absolute atomic E-state index is 0.0408. The number of nitriles is 1. The maximum atomic E-state index is 14.2. The molecule has 0 spiro atoms. The van der Waals surface area contributed by atoms with Crippen LogP contribution in [0.4, 0.5) is 11.8 Å². The number of ether oxygens (including phenoxy) is 1. The van der Waals surface area contributed by atoms with Crippen LogP contribution in [-0.4, -0.2) is 31.6 Å². The van der Waals surface area contributed by atoms with Crippen molar-refractivity contribution >= 4 is 22.5 Å². The Hall–Kier alpha value is -5.30. The van der Waals surface area contributed by atoms with E-state index in [0.29, 0.717) is 33.7 Å². The number of nitrogens with zero attached hydrogens (tertiary/aromatic N) is 6.